The molecule has 0 saturated heterocycles. The van der Waals surface area contributed by atoms with Gasteiger partial charge in [-0.2, -0.15) is 0 Å². The lowest BCUT2D eigenvalue weighted by molar-refractivity contribution is -0.150. The average molecular weight is 690 g/mol. The van der Waals surface area contributed by atoms with Crippen LogP contribution in [0, 0.1) is 11.8 Å². The average Bonchev–Trinajstić information content (AvgIpc) is 3.15. The number of rotatable bonds is 20. The van der Waals surface area contributed by atoms with Gasteiger partial charge in [-0.1, -0.05) is 103 Å². The molecule has 0 aromatic heterocycles. The molecule has 0 unspecified atom stereocenters. The molecule has 4 aromatic carbocycles. The quantitative estimate of drug-likeness (QED) is 0.0672. The number of aliphatic hydroxyl groups excluding tert-OH is 1. The van der Waals surface area contributed by atoms with Gasteiger partial charge in [-0.3, -0.25) is 19.2 Å². The van der Waals surface area contributed by atoms with Crippen LogP contribution in [-0.4, -0.2) is 54.1 Å². The van der Waals surface area contributed by atoms with Gasteiger partial charge in [0.25, 0.3) is 5.91 Å². The fourth-order valence-electron chi connectivity index (χ4n) is 5.83. The van der Waals surface area contributed by atoms with E-state index in [9.17, 15) is 24.3 Å². The Labute approximate surface area is 299 Å². The lowest BCUT2D eigenvalue weighted by Gasteiger charge is -2.24. The maximum absolute atomic E-state index is 13.7. The van der Waals surface area contributed by atoms with E-state index in [1.807, 2.05) is 97.1 Å². The number of hydrogen-bond donors (Lipinski definition) is 4. The molecule has 0 spiro atoms. The number of benzene rings is 4. The number of allylic oxidation sites excluding steroid dienone is 2. The molecule has 266 valence electrons. The van der Waals surface area contributed by atoms with Crippen LogP contribution < -0.4 is 16.0 Å². The van der Waals surface area contributed by atoms with Crippen LogP contribution in [0.4, 0.5) is 5.69 Å². The summed E-state index contributed by atoms with van der Waals surface area (Å²) in [5, 5.41) is 20.2. The molecule has 4 N–H and O–H groups in total. The summed E-state index contributed by atoms with van der Waals surface area (Å²) in [5.74, 6) is -3.44. The third-order valence-corrected chi connectivity index (χ3v) is 8.58. The van der Waals surface area contributed by atoms with Crippen molar-refractivity contribution in [1.29, 1.82) is 0 Å². The van der Waals surface area contributed by atoms with Crippen LogP contribution in [0.1, 0.15) is 36.8 Å². The van der Waals surface area contributed by atoms with Crippen LogP contribution in [0.3, 0.4) is 0 Å². The van der Waals surface area contributed by atoms with Crippen LogP contribution in [0.15, 0.2) is 128 Å². The Morgan fingerprint density at radius 2 is 1.37 bits per heavy atom. The van der Waals surface area contributed by atoms with Crippen molar-refractivity contribution in [2.75, 3.05) is 18.5 Å². The molecular formula is C42H47N3O6. The fourth-order valence-corrected chi connectivity index (χ4v) is 5.83. The number of amides is 3. The third kappa shape index (κ3) is 12.4. The van der Waals surface area contributed by atoms with Gasteiger partial charge < -0.3 is 25.8 Å². The molecule has 9 nitrogen and oxygen atoms in total. The Morgan fingerprint density at radius 1 is 0.725 bits per heavy atom. The van der Waals surface area contributed by atoms with Gasteiger partial charge in [0.2, 0.25) is 11.8 Å². The lowest BCUT2D eigenvalue weighted by atomic mass is 9.95. The van der Waals surface area contributed by atoms with Crippen LogP contribution in [0.2, 0.25) is 0 Å². The summed E-state index contributed by atoms with van der Waals surface area (Å²) >= 11 is 0. The van der Waals surface area contributed by atoms with Crippen molar-refractivity contribution in [2.45, 2.75) is 50.6 Å². The summed E-state index contributed by atoms with van der Waals surface area (Å²) in [7, 11) is 0. The standard InChI is InChI=1S/C42H47N3O6/c1-3-5-19-35(24-30-15-8-6-9-16-30)42(50)51-29-38(41(49)44-36-23-22-32-20-12-13-21-33(32)26-36)45-40(48)34(14-4-2)27-39(47)43-37(28-46)25-31-17-10-7-11-18-31/h3-4,6-13,15-18,20-23,26,34-35,37-38,46H,1-2,5,14,19,24-25,27-29H2,(H,43,47)(H,44,49)(H,45,48)/t34-,35+,37-,38-/m0/s1. The summed E-state index contributed by atoms with van der Waals surface area (Å²) in [4.78, 5) is 54.0. The molecule has 0 radical (unpaired) electrons. The number of esters is 1. The molecule has 9 heteroatoms. The number of fused-ring (bicyclic) bond motifs is 1. The second-order valence-electron chi connectivity index (χ2n) is 12.6. The van der Waals surface area contributed by atoms with Crippen molar-refractivity contribution < 1.29 is 29.0 Å². The number of hydrogen-bond acceptors (Lipinski definition) is 6. The first-order valence-electron chi connectivity index (χ1n) is 17.3. The van der Waals surface area contributed by atoms with E-state index in [0.717, 1.165) is 21.9 Å². The van der Waals surface area contributed by atoms with Crippen molar-refractivity contribution >= 4 is 40.2 Å². The van der Waals surface area contributed by atoms with E-state index in [4.69, 9.17) is 4.74 Å². The maximum Gasteiger partial charge on any atom is 0.309 e. The molecule has 0 fully saturated rings. The van der Waals surface area contributed by atoms with E-state index in [1.54, 1.807) is 12.1 Å². The van der Waals surface area contributed by atoms with E-state index in [1.165, 1.54) is 6.08 Å². The topological polar surface area (TPSA) is 134 Å². The Morgan fingerprint density at radius 3 is 2.02 bits per heavy atom. The monoisotopic (exact) mass is 689 g/mol. The van der Waals surface area contributed by atoms with Gasteiger partial charge in [-0.05, 0) is 66.1 Å². The van der Waals surface area contributed by atoms with E-state index in [2.05, 4.69) is 29.1 Å². The number of nitrogens with one attached hydrogen (secondary N) is 3. The van der Waals surface area contributed by atoms with Gasteiger partial charge in [0.15, 0.2) is 0 Å². The minimum Gasteiger partial charge on any atom is -0.463 e. The predicted molar refractivity (Wildman–Crippen MR) is 201 cm³/mol. The summed E-state index contributed by atoms with van der Waals surface area (Å²) in [6, 6.07) is 30.4. The zero-order chi connectivity index (χ0) is 36.4. The first-order valence-corrected chi connectivity index (χ1v) is 17.3. The minimum absolute atomic E-state index is 0.154. The van der Waals surface area contributed by atoms with Gasteiger partial charge in [0.1, 0.15) is 12.6 Å². The second-order valence-corrected chi connectivity index (χ2v) is 12.6. The van der Waals surface area contributed by atoms with Crippen molar-refractivity contribution in [3.8, 4) is 0 Å². The van der Waals surface area contributed by atoms with E-state index >= 15 is 0 Å². The number of ether oxygens (including phenoxy) is 1. The largest absolute Gasteiger partial charge is 0.463 e. The number of carbonyl (C=O) groups excluding carboxylic acids is 4. The minimum atomic E-state index is -1.26. The smallest absolute Gasteiger partial charge is 0.309 e. The molecule has 0 heterocycles. The van der Waals surface area contributed by atoms with Crippen LogP contribution in [-0.2, 0) is 36.8 Å². The Kier molecular flexibility index (Phi) is 15.2. The molecule has 4 aromatic rings. The van der Waals surface area contributed by atoms with Crippen LogP contribution >= 0.6 is 0 Å². The van der Waals surface area contributed by atoms with Crippen molar-refractivity contribution in [1.82, 2.24) is 10.6 Å². The molecule has 0 aliphatic rings. The number of anilines is 1. The van der Waals surface area contributed by atoms with Crippen LogP contribution in [0.5, 0.6) is 0 Å². The van der Waals surface area contributed by atoms with E-state index < -0.39 is 54.2 Å². The molecule has 0 aliphatic heterocycles. The Bertz CT molecular complexity index is 1760. The molecule has 3 amide bonds. The van der Waals surface area contributed by atoms with Crippen molar-refractivity contribution in [2.24, 2.45) is 11.8 Å². The highest BCUT2D eigenvalue weighted by atomic mass is 16.5. The normalized spacial score (nSPS) is 13.2. The number of carbonyl (C=O) groups is 4. The van der Waals surface area contributed by atoms with Gasteiger partial charge >= 0.3 is 5.97 Å². The zero-order valence-electron chi connectivity index (χ0n) is 28.8. The molecule has 51 heavy (non-hydrogen) atoms. The molecule has 0 aliphatic carbocycles. The molecule has 0 bridgehead atoms. The molecule has 4 rings (SSSR count). The summed E-state index contributed by atoms with van der Waals surface area (Å²) in [5.41, 5.74) is 2.43. The Hall–Kier alpha value is -5.54. The lowest BCUT2D eigenvalue weighted by Crippen LogP contribution is -2.50. The zero-order valence-corrected chi connectivity index (χ0v) is 28.8. The summed E-state index contributed by atoms with van der Waals surface area (Å²) in [6.45, 7) is 6.83. The van der Waals surface area contributed by atoms with Gasteiger partial charge in [0, 0.05) is 12.1 Å². The van der Waals surface area contributed by atoms with Gasteiger partial charge in [0.05, 0.1) is 24.5 Å². The first kappa shape index (κ1) is 38.3. The van der Waals surface area contributed by atoms with Crippen molar-refractivity contribution in [3.63, 3.8) is 0 Å². The number of aliphatic hydroxyl groups is 1. The van der Waals surface area contributed by atoms with Gasteiger partial charge in [-0.15, -0.1) is 13.2 Å². The molecule has 4 atom stereocenters. The second kappa shape index (κ2) is 20.2. The highest BCUT2D eigenvalue weighted by Gasteiger charge is 2.30. The third-order valence-electron chi connectivity index (χ3n) is 8.58. The Balaban J connectivity index is 1.48. The summed E-state index contributed by atoms with van der Waals surface area (Å²) < 4.78 is 5.73. The van der Waals surface area contributed by atoms with E-state index in [-0.39, 0.29) is 19.4 Å². The highest BCUT2D eigenvalue weighted by molar-refractivity contribution is 5.99. The van der Waals surface area contributed by atoms with Crippen molar-refractivity contribution in [3.05, 3.63) is 140 Å². The molecular weight excluding hydrogens is 642 g/mol. The van der Waals surface area contributed by atoms with E-state index in [0.29, 0.717) is 31.4 Å². The first-order chi connectivity index (χ1) is 24.8. The summed E-state index contributed by atoms with van der Waals surface area (Å²) in [6.07, 6.45) is 5.19. The SMILES string of the molecule is C=CCC[C@H](Cc1ccccc1)C(=O)OC[C@H](NC(=O)[C@@H](CC=C)CC(=O)N[C@H](CO)Cc1ccccc1)C(=O)Nc1ccc2ccccc2c1. The van der Waals surface area contributed by atoms with Gasteiger partial charge in [-0.25, -0.2) is 0 Å². The molecule has 0 saturated carbocycles. The fraction of sp³-hybridized carbons (Fsp3) is 0.286. The maximum atomic E-state index is 13.7. The predicted octanol–water partition coefficient (Wildman–Crippen LogP) is 5.93. The highest BCUT2D eigenvalue weighted by Crippen LogP contribution is 2.20. The van der Waals surface area contributed by atoms with Crippen LogP contribution in [0.25, 0.3) is 10.8 Å².